The molecule has 1 heterocycles. The van der Waals surface area contributed by atoms with Crippen LogP contribution in [0.4, 0.5) is 0 Å². The number of esters is 1. The average Bonchev–Trinajstić information content (AvgIpc) is 2.64. The van der Waals surface area contributed by atoms with E-state index in [1.807, 2.05) is 0 Å². The van der Waals surface area contributed by atoms with E-state index in [1.54, 1.807) is 0 Å². The van der Waals surface area contributed by atoms with Crippen molar-refractivity contribution >= 4 is 20.1 Å². The lowest BCUT2D eigenvalue weighted by atomic mass is 9.77. The Bertz CT molecular complexity index is 438. The maximum atomic E-state index is 12.0. The highest BCUT2D eigenvalue weighted by Gasteiger charge is 2.53. The standard InChI is InChI=1S/C16H28O4Si/c1-10(17)13-11-8-7-9-12(14(11)19-15(13)18)20-21(5,6)16(2,3)4/h11-14H,7-9H2,1-6H3/t11-,12+,13-,14+/m1/s1. The molecule has 0 N–H and O–H groups in total. The number of fused-ring (bicyclic) bond motifs is 1. The third-order valence-corrected chi connectivity index (χ3v) is 9.94. The first-order chi connectivity index (χ1) is 9.54. The third-order valence-electron chi connectivity index (χ3n) is 5.44. The summed E-state index contributed by atoms with van der Waals surface area (Å²) in [6.07, 6.45) is 2.54. The van der Waals surface area contributed by atoms with Gasteiger partial charge in [0.25, 0.3) is 0 Å². The fourth-order valence-corrected chi connectivity index (χ4v) is 4.57. The minimum atomic E-state index is -1.90. The molecule has 1 aliphatic carbocycles. The van der Waals surface area contributed by atoms with Crippen molar-refractivity contribution in [3.05, 3.63) is 0 Å². The van der Waals surface area contributed by atoms with Gasteiger partial charge in [0.15, 0.2) is 8.32 Å². The highest BCUT2D eigenvalue weighted by Crippen LogP contribution is 2.44. The van der Waals surface area contributed by atoms with Crippen molar-refractivity contribution in [1.82, 2.24) is 0 Å². The first-order valence-corrected chi connectivity index (χ1v) is 10.8. The molecule has 2 rings (SSSR count). The van der Waals surface area contributed by atoms with Crippen LogP contribution in [0, 0.1) is 11.8 Å². The van der Waals surface area contributed by atoms with Crippen LogP contribution >= 0.6 is 0 Å². The third kappa shape index (κ3) is 3.09. The fourth-order valence-electron chi connectivity index (χ4n) is 3.21. The Labute approximate surface area is 128 Å². The van der Waals surface area contributed by atoms with Gasteiger partial charge in [0, 0.05) is 5.92 Å². The van der Waals surface area contributed by atoms with E-state index in [2.05, 4.69) is 33.9 Å². The molecule has 0 bridgehead atoms. The highest BCUT2D eigenvalue weighted by molar-refractivity contribution is 6.74. The Morgan fingerprint density at radius 3 is 2.43 bits per heavy atom. The van der Waals surface area contributed by atoms with E-state index in [0.717, 1.165) is 19.3 Å². The summed E-state index contributed by atoms with van der Waals surface area (Å²) in [5.74, 6) is -0.969. The van der Waals surface area contributed by atoms with Gasteiger partial charge in [0.2, 0.25) is 0 Å². The molecule has 5 heteroatoms. The van der Waals surface area contributed by atoms with Crippen LogP contribution in [0.15, 0.2) is 0 Å². The first-order valence-electron chi connectivity index (χ1n) is 7.93. The van der Waals surface area contributed by atoms with Crippen LogP contribution in [0.5, 0.6) is 0 Å². The van der Waals surface area contributed by atoms with Gasteiger partial charge in [0.05, 0.1) is 6.10 Å². The Kier molecular flexibility index (Phi) is 4.37. The summed E-state index contributed by atoms with van der Waals surface area (Å²) in [6.45, 7) is 12.5. The second-order valence-corrected chi connectivity index (χ2v) is 12.8. The average molecular weight is 312 g/mol. The number of hydrogen-bond donors (Lipinski definition) is 0. The highest BCUT2D eigenvalue weighted by atomic mass is 28.4. The van der Waals surface area contributed by atoms with Crippen molar-refractivity contribution in [2.75, 3.05) is 0 Å². The SMILES string of the molecule is CC(=O)[C@H]1C(=O)O[C@H]2[C@@H]1CCC[C@@H]2O[Si](C)(C)C(C)(C)C. The Hall–Kier alpha value is -0.683. The van der Waals surface area contributed by atoms with Crippen LogP contribution in [-0.2, 0) is 18.8 Å². The van der Waals surface area contributed by atoms with Crippen molar-refractivity contribution in [2.24, 2.45) is 11.8 Å². The van der Waals surface area contributed by atoms with Crippen molar-refractivity contribution in [1.29, 1.82) is 0 Å². The lowest BCUT2D eigenvalue weighted by molar-refractivity contribution is -0.149. The zero-order chi connectivity index (χ0) is 16.0. The Morgan fingerprint density at radius 1 is 1.29 bits per heavy atom. The number of carbonyl (C=O) groups is 2. The molecule has 0 radical (unpaired) electrons. The van der Waals surface area contributed by atoms with Gasteiger partial charge in [-0.15, -0.1) is 0 Å². The molecule has 1 saturated heterocycles. The van der Waals surface area contributed by atoms with Gasteiger partial charge in [0.1, 0.15) is 17.8 Å². The molecular formula is C16H28O4Si. The number of rotatable bonds is 3. The molecule has 21 heavy (non-hydrogen) atoms. The van der Waals surface area contributed by atoms with E-state index in [9.17, 15) is 9.59 Å². The molecule has 1 aliphatic heterocycles. The minimum Gasteiger partial charge on any atom is -0.459 e. The molecule has 0 amide bonds. The van der Waals surface area contributed by atoms with Gasteiger partial charge >= 0.3 is 5.97 Å². The van der Waals surface area contributed by atoms with E-state index < -0.39 is 14.2 Å². The van der Waals surface area contributed by atoms with Gasteiger partial charge in [-0.1, -0.05) is 27.2 Å². The molecule has 0 aromatic heterocycles. The summed E-state index contributed by atoms with van der Waals surface area (Å²) in [6, 6.07) is 0. The number of carbonyl (C=O) groups excluding carboxylic acids is 2. The van der Waals surface area contributed by atoms with Gasteiger partial charge in [-0.25, -0.2) is 0 Å². The summed E-state index contributed by atoms with van der Waals surface area (Å²) in [5, 5.41) is 0.128. The Morgan fingerprint density at radius 2 is 1.90 bits per heavy atom. The van der Waals surface area contributed by atoms with E-state index in [0.29, 0.717) is 0 Å². The fraction of sp³-hybridized carbons (Fsp3) is 0.875. The van der Waals surface area contributed by atoms with Crippen LogP contribution in [0.3, 0.4) is 0 Å². The molecular weight excluding hydrogens is 284 g/mol. The lowest BCUT2D eigenvalue weighted by Gasteiger charge is -2.43. The van der Waals surface area contributed by atoms with Crippen LogP contribution in [0.2, 0.25) is 18.1 Å². The Balaban J connectivity index is 2.17. The number of ether oxygens (including phenoxy) is 1. The molecule has 0 unspecified atom stereocenters. The summed E-state index contributed by atoms with van der Waals surface area (Å²) in [5.41, 5.74) is 0. The first kappa shape index (κ1) is 16.7. The molecule has 1 saturated carbocycles. The van der Waals surface area contributed by atoms with Gasteiger partial charge < -0.3 is 9.16 Å². The zero-order valence-corrected chi connectivity index (χ0v) is 15.1. The quantitative estimate of drug-likeness (QED) is 0.456. The van der Waals surface area contributed by atoms with Crippen LogP contribution in [0.1, 0.15) is 47.0 Å². The van der Waals surface area contributed by atoms with Crippen molar-refractivity contribution in [3.63, 3.8) is 0 Å². The van der Waals surface area contributed by atoms with E-state index in [1.165, 1.54) is 6.92 Å². The molecule has 0 aromatic rings. The van der Waals surface area contributed by atoms with Gasteiger partial charge in [-0.3, -0.25) is 9.59 Å². The molecule has 120 valence electrons. The van der Waals surface area contributed by atoms with Crippen LogP contribution in [0.25, 0.3) is 0 Å². The topological polar surface area (TPSA) is 52.6 Å². The smallest absolute Gasteiger partial charge is 0.317 e. The molecule has 0 aromatic carbocycles. The second-order valence-electron chi connectivity index (χ2n) is 8.00. The second kappa shape index (κ2) is 5.50. The van der Waals surface area contributed by atoms with Crippen molar-refractivity contribution < 1.29 is 18.8 Å². The van der Waals surface area contributed by atoms with E-state index >= 15 is 0 Å². The summed E-state index contributed by atoms with van der Waals surface area (Å²) >= 11 is 0. The van der Waals surface area contributed by atoms with E-state index in [-0.39, 0.29) is 34.9 Å². The van der Waals surface area contributed by atoms with Gasteiger partial charge in [-0.2, -0.15) is 0 Å². The maximum absolute atomic E-state index is 12.0. The van der Waals surface area contributed by atoms with Crippen molar-refractivity contribution in [3.8, 4) is 0 Å². The lowest BCUT2D eigenvalue weighted by Crippen LogP contribution is -2.49. The number of ketones is 1. The number of Topliss-reactive ketones (excluding diaryl/α,β-unsaturated/α-hetero) is 1. The summed E-state index contributed by atoms with van der Waals surface area (Å²) < 4.78 is 12.0. The largest absolute Gasteiger partial charge is 0.459 e. The minimum absolute atomic E-state index is 0.0125. The summed E-state index contributed by atoms with van der Waals surface area (Å²) in [4.78, 5) is 23.7. The molecule has 4 nitrogen and oxygen atoms in total. The van der Waals surface area contributed by atoms with Crippen LogP contribution in [-0.4, -0.2) is 32.3 Å². The zero-order valence-electron chi connectivity index (χ0n) is 14.1. The van der Waals surface area contributed by atoms with Gasteiger partial charge in [-0.05, 0) is 37.9 Å². The molecule has 2 aliphatic rings. The van der Waals surface area contributed by atoms with Crippen LogP contribution < -0.4 is 0 Å². The van der Waals surface area contributed by atoms with Crippen molar-refractivity contribution in [2.45, 2.75) is 77.3 Å². The molecule has 2 fully saturated rings. The predicted octanol–water partition coefficient (Wildman–Crippen LogP) is 3.31. The van der Waals surface area contributed by atoms with E-state index in [4.69, 9.17) is 9.16 Å². The maximum Gasteiger partial charge on any atom is 0.317 e. The summed E-state index contributed by atoms with van der Waals surface area (Å²) in [7, 11) is -1.90. The normalized spacial score (nSPS) is 33.5. The predicted molar refractivity (Wildman–Crippen MR) is 83.5 cm³/mol. The molecule has 4 atom stereocenters. The number of hydrogen-bond acceptors (Lipinski definition) is 4. The molecule has 0 spiro atoms. The monoisotopic (exact) mass is 312 g/mol.